The van der Waals surface area contributed by atoms with E-state index in [4.69, 9.17) is 0 Å². The lowest BCUT2D eigenvalue weighted by atomic mass is 10.2. The molecule has 1 aliphatic rings. The van der Waals surface area contributed by atoms with Gasteiger partial charge < -0.3 is 15.0 Å². The van der Waals surface area contributed by atoms with Crippen molar-refractivity contribution >= 4 is 23.7 Å². The number of nitrogens with one attached hydrogen (secondary N) is 2. The number of fused-ring (bicyclic) bond motifs is 1. The largest absolute Gasteiger partial charge is 0.753 e. The first-order valence-electron chi connectivity index (χ1n) is 5.35. The molecule has 100 valence electrons. The summed E-state index contributed by atoms with van der Waals surface area (Å²) >= 11 is 0. The van der Waals surface area contributed by atoms with Crippen LogP contribution < -0.4 is 15.6 Å². The van der Waals surface area contributed by atoms with Gasteiger partial charge in [-0.25, -0.2) is 15.4 Å². The third kappa shape index (κ3) is 2.71. The van der Waals surface area contributed by atoms with E-state index in [0.29, 0.717) is 16.4 Å². The Morgan fingerprint density at radius 2 is 2.32 bits per heavy atom. The molecule has 1 aliphatic heterocycles. The van der Waals surface area contributed by atoms with Crippen LogP contribution in [-0.4, -0.2) is 24.6 Å². The standard InChI is InChI=1S/C11H11N4O4/c1-19-11(16)13-12-6-8-7-14(17)9-4-2-3-5-10(9)15(8)18/h2-7,17H,1H3,(H,13,16)/q-1/p+1. The van der Waals surface area contributed by atoms with E-state index in [2.05, 4.69) is 9.84 Å². The summed E-state index contributed by atoms with van der Waals surface area (Å²) in [4.78, 5) is 10.8. The lowest BCUT2D eigenvalue weighted by Gasteiger charge is -2.34. The Labute approximate surface area is 108 Å². The van der Waals surface area contributed by atoms with Gasteiger partial charge in [-0.3, -0.25) is 0 Å². The monoisotopic (exact) mass is 264 g/mol. The molecule has 0 spiro atoms. The maximum Gasteiger partial charge on any atom is 0.427 e. The number of rotatable bonds is 2. The minimum Gasteiger partial charge on any atom is -0.753 e. The van der Waals surface area contributed by atoms with Crippen molar-refractivity contribution in [3.63, 3.8) is 0 Å². The lowest BCUT2D eigenvalue weighted by molar-refractivity contribution is -0.990. The normalized spacial score (nSPS) is 17.9. The van der Waals surface area contributed by atoms with Gasteiger partial charge >= 0.3 is 6.09 Å². The zero-order valence-corrected chi connectivity index (χ0v) is 10.0. The molecule has 0 bridgehead atoms. The molecule has 19 heavy (non-hydrogen) atoms. The Hall–Kier alpha value is -2.42. The first-order valence-corrected chi connectivity index (χ1v) is 5.35. The minimum atomic E-state index is -0.751. The zero-order valence-electron chi connectivity index (χ0n) is 10.0. The average Bonchev–Trinajstić information content (AvgIpc) is 2.44. The fourth-order valence-corrected chi connectivity index (χ4v) is 1.57. The van der Waals surface area contributed by atoms with Crippen LogP contribution in [0.1, 0.15) is 0 Å². The van der Waals surface area contributed by atoms with Crippen molar-refractivity contribution in [1.29, 1.82) is 0 Å². The molecule has 0 fully saturated rings. The SMILES string of the molecule is COC(=O)NN=CC1=C[NH+](O)c2ccccc2N1[O-]. The predicted octanol–water partition coefficient (Wildman–Crippen LogP) is 0.0932. The van der Waals surface area contributed by atoms with E-state index in [1.54, 1.807) is 24.3 Å². The highest BCUT2D eigenvalue weighted by molar-refractivity contribution is 5.87. The number of benzene rings is 1. The molecule has 0 aromatic heterocycles. The van der Waals surface area contributed by atoms with Gasteiger partial charge in [-0.05, 0) is 6.07 Å². The number of amides is 1. The van der Waals surface area contributed by atoms with Crippen LogP contribution in [0, 0.1) is 5.21 Å². The molecule has 1 unspecified atom stereocenters. The second-order valence-corrected chi connectivity index (χ2v) is 3.63. The van der Waals surface area contributed by atoms with Crippen molar-refractivity contribution in [2.45, 2.75) is 0 Å². The molecule has 0 saturated carbocycles. The van der Waals surface area contributed by atoms with Gasteiger partial charge in [0, 0.05) is 6.07 Å². The molecule has 0 saturated heterocycles. The molecule has 1 atom stereocenters. The Balaban J connectivity index is 2.18. The van der Waals surface area contributed by atoms with Crippen molar-refractivity contribution in [3.05, 3.63) is 41.4 Å². The summed E-state index contributed by atoms with van der Waals surface area (Å²) in [5.41, 5.74) is 2.89. The van der Waals surface area contributed by atoms with Crippen LogP contribution in [0.3, 0.4) is 0 Å². The van der Waals surface area contributed by atoms with E-state index < -0.39 is 6.09 Å². The number of carbonyl (C=O) groups is 1. The third-order valence-electron chi connectivity index (χ3n) is 2.46. The highest BCUT2D eigenvalue weighted by Crippen LogP contribution is 2.26. The van der Waals surface area contributed by atoms with E-state index in [1.165, 1.54) is 13.3 Å². The van der Waals surface area contributed by atoms with Gasteiger partial charge in [-0.1, -0.05) is 12.1 Å². The molecule has 2 rings (SSSR count). The van der Waals surface area contributed by atoms with Gasteiger partial charge in [0.15, 0.2) is 11.9 Å². The number of hydrazone groups is 1. The first-order chi connectivity index (χ1) is 9.13. The number of carbonyl (C=O) groups excluding carboxylic acids is 1. The number of anilines is 1. The van der Waals surface area contributed by atoms with Crippen LogP contribution in [-0.2, 0) is 4.74 Å². The first kappa shape index (κ1) is 13.0. The van der Waals surface area contributed by atoms with Gasteiger partial charge in [-0.2, -0.15) is 5.10 Å². The summed E-state index contributed by atoms with van der Waals surface area (Å²) in [6.07, 6.45) is 1.63. The second kappa shape index (κ2) is 5.48. The van der Waals surface area contributed by atoms with Crippen LogP contribution >= 0.6 is 0 Å². The summed E-state index contributed by atoms with van der Waals surface area (Å²) in [6.45, 7) is 0. The van der Waals surface area contributed by atoms with Crippen LogP contribution in [0.5, 0.6) is 0 Å². The van der Waals surface area contributed by atoms with Crippen LogP contribution in [0.4, 0.5) is 16.2 Å². The van der Waals surface area contributed by atoms with Crippen molar-refractivity contribution in [2.75, 3.05) is 12.2 Å². The topological polar surface area (TPSA) is 102 Å². The van der Waals surface area contributed by atoms with Gasteiger partial charge in [-0.15, -0.1) is 5.06 Å². The lowest BCUT2D eigenvalue weighted by Crippen LogP contribution is -3.00. The number of ether oxygens (including phenoxy) is 1. The number of para-hydroxylation sites is 2. The Morgan fingerprint density at radius 1 is 1.58 bits per heavy atom. The molecular formula is C11H12N4O4. The van der Waals surface area contributed by atoms with Gasteiger partial charge in [0.2, 0.25) is 0 Å². The molecular weight excluding hydrogens is 252 g/mol. The van der Waals surface area contributed by atoms with Crippen molar-refractivity contribution in [3.8, 4) is 0 Å². The van der Waals surface area contributed by atoms with Gasteiger partial charge in [0.05, 0.1) is 19.0 Å². The molecule has 8 heteroatoms. The van der Waals surface area contributed by atoms with E-state index in [0.717, 1.165) is 6.21 Å². The zero-order chi connectivity index (χ0) is 13.8. The van der Waals surface area contributed by atoms with Crippen molar-refractivity contribution < 1.29 is 19.8 Å². The Bertz CT molecular complexity index is 543. The number of methoxy groups -OCH3 is 1. The molecule has 0 aliphatic carbocycles. The number of hydrogen-bond acceptors (Lipinski definition) is 6. The number of hydroxylamine groups is 2. The molecule has 1 aromatic rings. The Kier molecular flexibility index (Phi) is 3.76. The molecule has 1 heterocycles. The van der Waals surface area contributed by atoms with Crippen LogP contribution in [0.15, 0.2) is 41.3 Å². The molecule has 1 aromatic carbocycles. The van der Waals surface area contributed by atoms with E-state index in [9.17, 15) is 15.2 Å². The van der Waals surface area contributed by atoms with Crippen molar-refractivity contribution in [2.24, 2.45) is 5.10 Å². The highest BCUT2D eigenvalue weighted by atomic mass is 16.5. The van der Waals surface area contributed by atoms with E-state index >= 15 is 0 Å². The van der Waals surface area contributed by atoms with Crippen LogP contribution in [0.25, 0.3) is 0 Å². The summed E-state index contributed by atoms with van der Waals surface area (Å²) in [6, 6.07) is 6.61. The fourth-order valence-electron chi connectivity index (χ4n) is 1.57. The maximum atomic E-state index is 12.0. The minimum absolute atomic E-state index is 0.0396. The predicted molar refractivity (Wildman–Crippen MR) is 66.8 cm³/mol. The third-order valence-corrected chi connectivity index (χ3v) is 2.46. The maximum absolute atomic E-state index is 12.0. The van der Waals surface area contributed by atoms with Crippen molar-refractivity contribution in [1.82, 2.24) is 5.43 Å². The second-order valence-electron chi connectivity index (χ2n) is 3.63. The highest BCUT2D eigenvalue weighted by Gasteiger charge is 2.21. The Morgan fingerprint density at radius 3 is 3.05 bits per heavy atom. The molecule has 8 nitrogen and oxygen atoms in total. The van der Waals surface area contributed by atoms with Gasteiger partial charge in [0.25, 0.3) is 0 Å². The quantitative estimate of drug-likeness (QED) is 0.519. The average molecular weight is 264 g/mol. The molecule has 1 amide bonds. The molecule has 0 radical (unpaired) electrons. The summed E-state index contributed by atoms with van der Waals surface area (Å²) in [5.74, 6) is 0. The smallest absolute Gasteiger partial charge is 0.427 e. The molecule has 3 N–H and O–H groups in total. The number of quaternary nitrogens is 1. The number of nitrogens with zero attached hydrogens (tertiary/aromatic N) is 2. The van der Waals surface area contributed by atoms with Crippen LogP contribution in [0.2, 0.25) is 0 Å². The fraction of sp³-hybridized carbons (Fsp3) is 0.0909. The summed E-state index contributed by atoms with van der Waals surface area (Å²) < 4.78 is 4.31. The van der Waals surface area contributed by atoms with E-state index in [1.807, 2.05) is 5.43 Å². The number of allylic oxidation sites excluding steroid dienone is 1. The van der Waals surface area contributed by atoms with E-state index in [-0.39, 0.29) is 10.8 Å². The number of hydrogen-bond donors (Lipinski definition) is 3. The van der Waals surface area contributed by atoms with Gasteiger partial charge in [0.1, 0.15) is 5.70 Å². The summed E-state index contributed by atoms with van der Waals surface area (Å²) in [5, 5.41) is 25.9. The summed E-state index contributed by atoms with van der Waals surface area (Å²) in [7, 11) is 1.19.